The van der Waals surface area contributed by atoms with E-state index >= 15 is 0 Å². The van der Waals surface area contributed by atoms with E-state index in [1.54, 1.807) is 22.9 Å². The van der Waals surface area contributed by atoms with E-state index < -0.39 is 0 Å². The van der Waals surface area contributed by atoms with Gasteiger partial charge in [-0.25, -0.2) is 9.78 Å². The Hall–Kier alpha value is -1.58. The smallest absolute Gasteiger partial charge is 0.406 e. The highest BCUT2D eigenvalue weighted by molar-refractivity contribution is 5.67. The van der Waals surface area contributed by atoms with E-state index in [1.807, 2.05) is 0 Å². The van der Waals surface area contributed by atoms with Gasteiger partial charge in [-0.3, -0.25) is 4.57 Å². The van der Waals surface area contributed by atoms with Gasteiger partial charge in [-0.15, -0.1) is 0 Å². The summed E-state index contributed by atoms with van der Waals surface area (Å²) in [6.07, 6.45) is 6.16. The number of hydrogen-bond acceptors (Lipinski definition) is 3. The summed E-state index contributed by atoms with van der Waals surface area (Å²) in [6.45, 7) is 2.27. The predicted molar refractivity (Wildman–Crippen MR) is 64.9 cm³/mol. The van der Waals surface area contributed by atoms with Gasteiger partial charge in [0.05, 0.1) is 0 Å². The Balaban J connectivity index is 2.05. The van der Waals surface area contributed by atoms with Crippen molar-refractivity contribution in [1.29, 1.82) is 0 Å². The SMILES string of the molecule is C[C@H]1CC[C@H](n2c(=O)oc3cccnc32)CC1. The first-order chi connectivity index (χ1) is 8.25. The Morgan fingerprint density at radius 1 is 1.35 bits per heavy atom. The minimum Gasteiger partial charge on any atom is -0.406 e. The highest BCUT2D eigenvalue weighted by Gasteiger charge is 2.24. The zero-order valence-corrected chi connectivity index (χ0v) is 9.93. The first-order valence-electron chi connectivity index (χ1n) is 6.22. The van der Waals surface area contributed by atoms with Gasteiger partial charge in [0, 0.05) is 12.2 Å². The average Bonchev–Trinajstić information content (AvgIpc) is 2.66. The summed E-state index contributed by atoms with van der Waals surface area (Å²) in [5, 5.41) is 0. The van der Waals surface area contributed by atoms with Gasteiger partial charge in [-0.2, -0.15) is 0 Å². The lowest BCUT2D eigenvalue weighted by Gasteiger charge is -2.26. The molecule has 2 heterocycles. The Bertz CT molecular complexity index is 576. The van der Waals surface area contributed by atoms with Gasteiger partial charge in [-0.1, -0.05) is 6.92 Å². The van der Waals surface area contributed by atoms with Crippen molar-refractivity contribution >= 4 is 11.2 Å². The quantitative estimate of drug-likeness (QED) is 0.759. The molecule has 0 aromatic carbocycles. The molecule has 1 aliphatic rings. The van der Waals surface area contributed by atoms with E-state index in [1.165, 1.54) is 12.8 Å². The van der Waals surface area contributed by atoms with Crippen LogP contribution in [0.5, 0.6) is 0 Å². The molecule has 0 unspecified atom stereocenters. The van der Waals surface area contributed by atoms with Gasteiger partial charge < -0.3 is 4.42 Å². The normalized spacial score (nSPS) is 25.2. The number of oxazole rings is 1. The predicted octanol–water partition coefficient (Wildman–Crippen LogP) is 2.74. The molecule has 17 heavy (non-hydrogen) atoms. The van der Waals surface area contributed by atoms with Crippen molar-refractivity contribution < 1.29 is 4.42 Å². The molecule has 4 nitrogen and oxygen atoms in total. The van der Waals surface area contributed by atoms with Gasteiger partial charge in [0.2, 0.25) is 0 Å². The van der Waals surface area contributed by atoms with Crippen molar-refractivity contribution in [1.82, 2.24) is 9.55 Å². The lowest BCUT2D eigenvalue weighted by Crippen LogP contribution is -2.24. The van der Waals surface area contributed by atoms with E-state index in [-0.39, 0.29) is 11.8 Å². The molecular formula is C13H16N2O2. The third kappa shape index (κ3) is 1.77. The summed E-state index contributed by atoms with van der Waals surface area (Å²) in [6, 6.07) is 3.85. The molecule has 0 amide bonds. The monoisotopic (exact) mass is 232 g/mol. The molecule has 0 N–H and O–H groups in total. The van der Waals surface area contributed by atoms with Crippen LogP contribution in [0.2, 0.25) is 0 Å². The zero-order chi connectivity index (χ0) is 11.8. The molecule has 2 aromatic heterocycles. The summed E-state index contributed by atoms with van der Waals surface area (Å²) in [5.41, 5.74) is 1.29. The van der Waals surface area contributed by atoms with Crippen molar-refractivity contribution in [2.24, 2.45) is 5.92 Å². The molecule has 0 aliphatic heterocycles. The highest BCUT2D eigenvalue weighted by atomic mass is 16.4. The molecule has 2 aromatic rings. The second-order valence-electron chi connectivity index (χ2n) is 4.98. The van der Waals surface area contributed by atoms with E-state index in [9.17, 15) is 4.79 Å². The third-order valence-corrected chi connectivity index (χ3v) is 3.72. The summed E-state index contributed by atoms with van der Waals surface area (Å²) in [7, 11) is 0. The summed E-state index contributed by atoms with van der Waals surface area (Å²) < 4.78 is 6.96. The maximum atomic E-state index is 11.9. The number of hydrogen-bond donors (Lipinski definition) is 0. The highest BCUT2D eigenvalue weighted by Crippen LogP contribution is 2.32. The van der Waals surface area contributed by atoms with Crippen LogP contribution in [0.1, 0.15) is 38.6 Å². The third-order valence-electron chi connectivity index (χ3n) is 3.72. The number of nitrogens with zero attached hydrogens (tertiary/aromatic N) is 2. The van der Waals surface area contributed by atoms with Crippen molar-refractivity contribution in [2.75, 3.05) is 0 Å². The number of aromatic nitrogens is 2. The second-order valence-corrected chi connectivity index (χ2v) is 4.98. The van der Waals surface area contributed by atoms with Crippen LogP contribution in [0, 0.1) is 5.92 Å². The molecule has 90 valence electrons. The maximum absolute atomic E-state index is 11.9. The zero-order valence-electron chi connectivity index (χ0n) is 9.93. The van der Waals surface area contributed by atoms with Gasteiger partial charge in [0.15, 0.2) is 11.2 Å². The fraction of sp³-hybridized carbons (Fsp3) is 0.538. The van der Waals surface area contributed by atoms with Crippen molar-refractivity contribution in [3.05, 3.63) is 28.9 Å². The van der Waals surface area contributed by atoms with Crippen LogP contribution in [-0.4, -0.2) is 9.55 Å². The summed E-state index contributed by atoms with van der Waals surface area (Å²) in [4.78, 5) is 16.1. The molecule has 1 aliphatic carbocycles. The fourth-order valence-electron chi connectivity index (χ4n) is 2.70. The lowest BCUT2D eigenvalue weighted by molar-refractivity contribution is 0.280. The van der Waals surface area contributed by atoms with Gasteiger partial charge in [-0.05, 0) is 43.7 Å². The van der Waals surface area contributed by atoms with Crippen LogP contribution in [0.4, 0.5) is 0 Å². The molecule has 0 bridgehead atoms. The Morgan fingerprint density at radius 2 is 2.12 bits per heavy atom. The Morgan fingerprint density at radius 3 is 2.88 bits per heavy atom. The fourth-order valence-corrected chi connectivity index (χ4v) is 2.70. The molecule has 0 radical (unpaired) electrons. The molecule has 1 fully saturated rings. The molecule has 0 saturated heterocycles. The maximum Gasteiger partial charge on any atom is 0.421 e. The Labute approximate surface area is 99.3 Å². The van der Waals surface area contributed by atoms with Crippen LogP contribution in [0.15, 0.2) is 27.5 Å². The van der Waals surface area contributed by atoms with E-state index in [2.05, 4.69) is 11.9 Å². The van der Waals surface area contributed by atoms with E-state index in [0.717, 1.165) is 18.8 Å². The first kappa shape index (κ1) is 10.6. The topological polar surface area (TPSA) is 48.0 Å². The van der Waals surface area contributed by atoms with Crippen LogP contribution >= 0.6 is 0 Å². The molecule has 3 rings (SSSR count). The average molecular weight is 232 g/mol. The lowest BCUT2D eigenvalue weighted by atomic mass is 9.87. The molecule has 0 atom stereocenters. The van der Waals surface area contributed by atoms with Crippen LogP contribution in [-0.2, 0) is 0 Å². The second kappa shape index (κ2) is 4.02. The molecule has 4 heteroatoms. The molecule has 1 saturated carbocycles. The van der Waals surface area contributed by atoms with Crippen LogP contribution < -0.4 is 5.76 Å². The van der Waals surface area contributed by atoms with Gasteiger partial charge in [0.25, 0.3) is 0 Å². The Kier molecular flexibility index (Phi) is 2.50. The minimum absolute atomic E-state index is 0.259. The summed E-state index contributed by atoms with van der Waals surface area (Å²) in [5.74, 6) is 0.506. The number of fused-ring (bicyclic) bond motifs is 1. The van der Waals surface area contributed by atoms with Crippen molar-refractivity contribution in [3.8, 4) is 0 Å². The summed E-state index contributed by atoms with van der Waals surface area (Å²) >= 11 is 0. The number of rotatable bonds is 1. The molecule has 0 spiro atoms. The standard InChI is InChI=1S/C13H16N2O2/c1-9-4-6-10(7-5-9)15-12-11(17-13(15)16)3-2-8-14-12/h2-3,8-10H,4-7H2,1H3/t9-,10-. The van der Waals surface area contributed by atoms with E-state index in [4.69, 9.17) is 4.42 Å². The minimum atomic E-state index is -0.266. The van der Waals surface area contributed by atoms with Gasteiger partial charge >= 0.3 is 5.76 Å². The van der Waals surface area contributed by atoms with Gasteiger partial charge in [0.1, 0.15) is 0 Å². The van der Waals surface area contributed by atoms with Crippen molar-refractivity contribution in [2.45, 2.75) is 38.6 Å². The molecular weight excluding hydrogens is 216 g/mol. The van der Waals surface area contributed by atoms with Crippen LogP contribution in [0.3, 0.4) is 0 Å². The van der Waals surface area contributed by atoms with E-state index in [0.29, 0.717) is 11.2 Å². The first-order valence-corrected chi connectivity index (χ1v) is 6.22. The van der Waals surface area contributed by atoms with Crippen LogP contribution in [0.25, 0.3) is 11.2 Å². The van der Waals surface area contributed by atoms with Crippen molar-refractivity contribution in [3.63, 3.8) is 0 Å². The largest absolute Gasteiger partial charge is 0.421 e. The number of pyridine rings is 1.